The minimum absolute atomic E-state index is 0.0133. The first-order valence-corrected chi connectivity index (χ1v) is 7.33. The summed E-state index contributed by atoms with van der Waals surface area (Å²) in [6, 6.07) is 0. The zero-order valence-corrected chi connectivity index (χ0v) is 12.2. The second kappa shape index (κ2) is 5.72. The molecule has 0 aliphatic carbocycles. The number of hydrogen-bond donors (Lipinski definition) is 2. The molecule has 0 aliphatic heterocycles. The molecule has 0 aliphatic rings. The maximum atomic E-state index is 12.3. The van der Waals surface area contributed by atoms with Crippen molar-refractivity contribution in [2.75, 3.05) is 6.61 Å². The molecule has 0 spiro atoms. The first-order valence-electron chi connectivity index (χ1n) is 6.45. The lowest BCUT2D eigenvalue weighted by molar-refractivity contribution is 0.0816. The van der Waals surface area contributed by atoms with E-state index < -0.39 is 17.0 Å². The number of aliphatic hydroxyl groups is 1. The van der Waals surface area contributed by atoms with Crippen molar-refractivity contribution < 1.29 is 9.90 Å². The summed E-state index contributed by atoms with van der Waals surface area (Å²) in [4.78, 5) is 29.1. The number of carbonyl (C=O) groups excluding carboxylic acids is 1. The number of thiazole rings is 1. The normalized spacial score (nSPS) is 11.8. The van der Waals surface area contributed by atoms with Gasteiger partial charge in [0.05, 0.1) is 12.1 Å². The fourth-order valence-electron chi connectivity index (χ4n) is 1.98. The van der Waals surface area contributed by atoms with Gasteiger partial charge in [-0.1, -0.05) is 13.8 Å². The van der Waals surface area contributed by atoms with Crippen LogP contribution in [0.2, 0.25) is 0 Å². The fraction of sp³-hybridized carbons (Fsp3) is 0.462. The molecule has 6 nitrogen and oxygen atoms in total. The second-order valence-electron chi connectivity index (χ2n) is 4.63. The summed E-state index contributed by atoms with van der Waals surface area (Å²) in [7, 11) is 0. The van der Waals surface area contributed by atoms with E-state index in [4.69, 9.17) is 0 Å². The lowest BCUT2D eigenvalue weighted by atomic mass is 9.93. The van der Waals surface area contributed by atoms with Gasteiger partial charge in [-0.15, -0.1) is 11.3 Å². The molecule has 20 heavy (non-hydrogen) atoms. The molecule has 7 heteroatoms. The quantitative estimate of drug-likeness (QED) is 0.863. The summed E-state index contributed by atoms with van der Waals surface area (Å²) in [6.07, 6.45) is 4.05. The Labute approximate surface area is 120 Å². The molecule has 2 N–H and O–H groups in total. The van der Waals surface area contributed by atoms with Gasteiger partial charge in [0.25, 0.3) is 11.5 Å². The van der Waals surface area contributed by atoms with Gasteiger partial charge in [0.15, 0.2) is 4.96 Å². The molecule has 0 radical (unpaired) electrons. The lowest BCUT2D eigenvalue weighted by Gasteiger charge is -2.30. The van der Waals surface area contributed by atoms with Gasteiger partial charge in [-0.2, -0.15) is 0 Å². The average Bonchev–Trinajstić information content (AvgIpc) is 2.94. The van der Waals surface area contributed by atoms with Crippen LogP contribution >= 0.6 is 11.3 Å². The third-order valence-corrected chi connectivity index (χ3v) is 4.39. The van der Waals surface area contributed by atoms with Crippen LogP contribution in [0.25, 0.3) is 4.96 Å². The number of nitrogens with one attached hydrogen (secondary N) is 1. The molecule has 0 saturated heterocycles. The van der Waals surface area contributed by atoms with Gasteiger partial charge in [0.2, 0.25) is 0 Å². The molecular weight excluding hydrogens is 278 g/mol. The summed E-state index contributed by atoms with van der Waals surface area (Å²) in [5, 5.41) is 14.0. The topological polar surface area (TPSA) is 83.7 Å². The molecule has 0 fully saturated rings. The first kappa shape index (κ1) is 14.7. The molecule has 0 unspecified atom stereocenters. The maximum absolute atomic E-state index is 12.3. The number of amides is 1. The van der Waals surface area contributed by atoms with Gasteiger partial charge >= 0.3 is 0 Å². The molecule has 108 valence electrons. The largest absolute Gasteiger partial charge is 0.394 e. The van der Waals surface area contributed by atoms with Gasteiger partial charge < -0.3 is 10.4 Å². The van der Waals surface area contributed by atoms with Crippen molar-refractivity contribution in [1.82, 2.24) is 14.7 Å². The number of fused-ring (bicyclic) bond motifs is 1. The number of hydrogen-bond acceptors (Lipinski definition) is 5. The first-order chi connectivity index (χ1) is 9.56. The zero-order chi connectivity index (χ0) is 14.8. The molecule has 0 saturated carbocycles. The van der Waals surface area contributed by atoms with Crippen LogP contribution in [0.4, 0.5) is 0 Å². The molecular formula is C13H17N3O3S. The fourth-order valence-corrected chi connectivity index (χ4v) is 2.65. The second-order valence-corrected chi connectivity index (χ2v) is 5.51. The highest BCUT2D eigenvalue weighted by Gasteiger charge is 2.28. The Morgan fingerprint density at radius 3 is 2.80 bits per heavy atom. The Kier molecular flexibility index (Phi) is 4.20. The van der Waals surface area contributed by atoms with E-state index in [-0.39, 0.29) is 12.2 Å². The van der Waals surface area contributed by atoms with E-state index in [1.165, 1.54) is 21.9 Å². The van der Waals surface area contributed by atoms with E-state index in [0.717, 1.165) is 0 Å². The molecule has 2 heterocycles. The number of rotatable bonds is 5. The summed E-state index contributed by atoms with van der Waals surface area (Å²) in [5.41, 5.74) is -1.11. The maximum Gasteiger partial charge on any atom is 0.271 e. The predicted octanol–water partition coefficient (Wildman–Crippen LogP) is 1.04. The predicted molar refractivity (Wildman–Crippen MR) is 77.2 cm³/mol. The van der Waals surface area contributed by atoms with E-state index in [0.29, 0.717) is 17.8 Å². The van der Waals surface area contributed by atoms with Gasteiger partial charge in [-0.25, -0.2) is 4.98 Å². The minimum Gasteiger partial charge on any atom is -0.394 e. The Balaban J connectivity index is 2.36. The molecule has 0 aromatic carbocycles. The highest BCUT2D eigenvalue weighted by Crippen LogP contribution is 2.15. The number of carbonyl (C=O) groups is 1. The highest BCUT2D eigenvalue weighted by atomic mass is 32.1. The highest BCUT2D eigenvalue weighted by molar-refractivity contribution is 7.15. The monoisotopic (exact) mass is 295 g/mol. The molecule has 0 bridgehead atoms. The Hall–Kier alpha value is -1.73. The molecule has 2 aromatic rings. The number of aromatic nitrogens is 2. The van der Waals surface area contributed by atoms with Crippen LogP contribution in [0.1, 0.15) is 37.0 Å². The summed E-state index contributed by atoms with van der Waals surface area (Å²) < 4.78 is 1.35. The van der Waals surface area contributed by atoms with Crippen LogP contribution < -0.4 is 10.9 Å². The van der Waals surface area contributed by atoms with Crippen molar-refractivity contribution in [3.05, 3.63) is 33.7 Å². The van der Waals surface area contributed by atoms with E-state index in [1.807, 2.05) is 13.8 Å². The Bertz CT molecular complexity index is 665. The van der Waals surface area contributed by atoms with Crippen LogP contribution in [-0.2, 0) is 0 Å². The smallest absolute Gasteiger partial charge is 0.271 e. The lowest BCUT2D eigenvalue weighted by Crippen LogP contribution is -2.51. The van der Waals surface area contributed by atoms with Crippen molar-refractivity contribution >= 4 is 22.2 Å². The van der Waals surface area contributed by atoms with Crippen LogP contribution in [0.15, 0.2) is 22.6 Å². The van der Waals surface area contributed by atoms with Gasteiger partial charge in [-0.3, -0.25) is 14.0 Å². The number of aliphatic hydroxyl groups excluding tert-OH is 1. The van der Waals surface area contributed by atoms with Crippen molar-refractivity contribution in [2.45, 2.75) is 32.2 Å². The van der Waals surface area contributed by atoms with Gasteiger partial charge in [0.1, 0.15) is 5.56 Å². The molecule has 0 atom stereocenters. The van der Waals surface area contributed by atoms with Gasteiger partial charge in [0, 0.05) is 17.8 Å². The Morgan fingerprint density at radius 1 is 1.50 bits per heavy atom. The summed E-state index contributed by atoms with van der Waals surface area (Å²) in [6.45, 7) is 3.60. The summed E-state index contributed by atoms with van der Waals surface area (Å²) >= 11 is 1.33. The van der Waals surface area contributed by atoms with Crippen LogP contribution in [-0.4, -0.2) is 32.5 Å². The molecule has 1 amide bonds. The van der Waals surface area contributed by atoms with E-state index >= 15 is 0 Å². The zero-order valence-electron chi connectivity index (χ0n) is 11.4. The van der Waals surface area contributed by atoms with Crippen molar-refractivity contribution in [3.63, 3.8) is 0 Å². The van der Waals surface area contributed by atoms with Crippen LogP contribution in [0, 0.1) is 0 Å². The average molecular weight is 295 g/mol. The standard InChI is InChI=1S/C13H17N3O3S/c1-3-13(4-2,8-17)15-10(18)9-7-14-12-16(11(9)19)5-6-20-12/h5-7,17H,3-4,8H2,1-2H3,(H,15,18). The van der Waals surface area contributed by atoms with E-state index in [9.17, 15) is 14.7 Å². The van der Waals surface area contributed by atoms with Crippen LogP contribution in [0.3, 0.4) is 0 Å². The SMILES string of the molecule is CCC(CC)(CO)NC(=O)c1cnc2sccn2c1=O. The van der Waals surface area contributed by atoms with Crippen LogP contribution in [0.5, 0.6) is 0 Å². The van der Waals surface area contributed by atoms with Crippen molar-refractivity contribution in [3.8, 4) is 0 Å². The van der Waals surface area contributed by atoms with E-state index in [1.54, 1.807) is 11.6 Å². The molecule has 2 aromatic heterocycles. The van der Waals surface area contributed by atoms with Crippen molar-refractivity contribution in [1.29, 1.82) is 0 Å². The van der Waals surface area contributed by atoms with E-state index in [2.05, 4.69) is 10.3 Å². The molecule has 2 rings (SSSR count). The van der Waals surface area contributed by atoms with Crippen molar-refractivity contribution in [2.24, 2.45) is 0 Å². The van der Waals surface area contributed by atoms with Gasteiger partial charge in [-0.05, 0) is 12.8 Å². The third kappa shape index (κ3) is 2.46. The minimum atomic E-state index is -0.697. The number of nitrogens with zero attached hydrogens (tertiary/aromatic N) is 2. The Morgan fingerprint density at radius 2 is 2.20 bits per heavy atom. The third-order valence-electron chi connectivity index (χ3n) is 3.62. The summed E-state index contributed by atoms with van der Waals surface area (Å²) in [5.74, 6) is -0.499.